The summed E-state index contributed by atoms with van der Waals surface area (Å²) in [5.74, 6) is -0.0380. The Bertz CT molecular complexity index is 394. The molecule has 1 amide bonds. The van der Waals surface area contributed by atoms with E-state index in [2.05, 4.69) is 5.32 Å². The predicted octanol–water partition coefficient (Wildman–Crippen LogP) is 1.09. The fourth-order valence-electron chi connectivity index (χ4n) is 1.98. The third-order valence-corrected chi connectivity index (χ3v) is 3.20. The molecule has 0 bridgehead atoms. The van der Waals surface area contributed by atoms with E-state index in [9.17, 15) is 9.90 Å². The number of aliphatic hydroxyl groups is 1. The van der Waals surface area contributed by atoms with Crippen LogP contribution in [0.4, 0.5) is 0 Å². The normalized spacial score (nSPS) is 25.3. The van der Waals surface area contributed by atoms with Gasteiger partial charge >= 0.3 is 0 Å². The average Bonchev–Trinajstić information content (AvgIpc) is 2.62. The third kappa shape index (κ3) is 1.73. The molecule has 1 atom stereocenters. The summed E-state index contributed by atoms with van der Waals surface area (Å²) >= 11 is 6.07. The van der Waals surface area contributed by atoms with E-state index in [1.165, 1.54) is 0 Å². The molecule has 80 valence electrons. The second-order valence-electron chi connectivity index (χ2n) is 3.87. The van der Waals surface area contributed by atoms with Crippen molar-refractivity contribution in [1.29, 1.82) is 0 Å². The number of amides is 1. The van der Waals surface area contributed by atoms with Gasteiger partial charge in [0.2, 0.25) is 5.91 Å². The lowest BCUT2D eigenvalue weighted by Crippen LogP contribution is -2.33. The molecule has 0 saturated carbocycles. The van der Waals surface area contributed by atoms with Crippen molar-refractivity contribution in [2.24, 2.45) is 0 Å². The molecular formula is C11H12ClNO2. The number of nitrogens with one attached hydrogen (secondary N) is 1. The van der Waals surface area contributed by atoms with Gasteiger partial charge in [0.25, 0.3) is 0 Å². The fourth-order valence-corrected chi connectivity index (χ4v) is 2.32. The molecule has 1 aromatic rings. The van der Waals surface area contributed by atoms with E-state index in [1.807, 2.05) is 18.2 Å². The zero-order chi connectivity index (χ0) is 10.9. The molecule has 1 saturated heterocycles. The Hall–Kier alpha value is -1.06. The van der Waals surface area contributed by atoms with Crippen molar-refractivity contribution in [2.45, 2.75) is 11.8 Å². The van der Waals surface area contributed by atoms with E-state index in [1.54, 1.807) is 6.07 Å². The third-order valence-electron chi connectivity index (χ3n) is 2.87. The van der Waals surface area contributed by atoms with Gasteiger partial charge < -0.3 is 10.4 Å². The standard InChI is InChI=1S/C11H12ClNO2/c12-9-4-2-1-3-8(9)11(7-14)5-10(15)13-6-11/h1-4,14H,5-7H2,(H,13,15). The lowest BCUT2D eigenvalue weighted by Gasteiger charge is -2.25. The SMILES string of the molecule is O=C1CC(CO)(c2ccccc2Cl)CN1. The first kappa shape index (κ1) is 10.5. The highest BCUT2D eigenvalue weighted by Crippen LogP contribution is 2.35. The Balaban J connectivity index is 2.43. The number of aliphatic hydroxyl groups excluding tert-OH is 1. The van der Waals surface area contributed by atoms with Crippen LogP contribution in [-0.4, -0.2) is 24.2 Å². The summed E-state index contributed by atoms with van der Waals surface area (Å²) in [7, 11) is 0. The van der Waals surface area contributed by atoms with Gasteiger partial charge in [-0.2, -0.15) is 0 Å². The summed E-state index contributed by atoms with van der Waals surface area (Å²) in [4.78, 5) is 11.2. The number of benzene rings is 1. The molecule has 0 spiro atoms. The summed E-state index contributed by atoms with van der Waals surface area (Å²) in [6.07, 6.45) is 0.299. The summed E-state index contributed by atoms with van der Waals surface area (Å²) < 4.78 is 0. The smallest absolute Gasteiger partial charge is 0.221 e. The first-order chi connectivity index (χ1) is 7.18. The molecule has 1 aromatic carbocycles. The molecule has 2 rings (SSSR count). The van der Waals surface area contributed by atoms with Crippen LogP contribution in [0.25, 0.3) is 0 Å². The van der Waals surface area contributed by atoms with Crippen molar-refractivity contribution < 1.29 is 9.90 Å². The molecule has 1 heterocycles. The van der Waals surface area contributed by atoms with Crippen molar-refractivity contribution in [2.75, 3.05) is 13.2 Å². The molecule has 0 aliphatic carbocycles. The monoisotopic (exact) mass is 225 g/mol. The highest BCUT2D eigenvalue weighted by molar-refractivity contribution is 6.31. The van der Waals surface area contributed by atoms with Crippen LogP contribution in [0.5, 0.6) is 0 Å². The Morgan fingerprint density at radius 3 is 2.73 bits per heavy atom. The number of halogens is 1. The van der Waals surface area contributed by atoms with Crippen LogP contribution in [0.1, 0.15) is 12.0 Å². The van der Waals surface area contributed by atoms with Gasteiger partial charge in [0.05, 0.1) is 6.61 Å². The summed E-state index contributed by atoms with van der Waals surface area (Å²) in [6, 6.07) is 7.33. The van der Waals surface area contributed by atoms with Crippen LogP contribution in [0.15, 0.2) is 24.3 Å². The predicted molar refractivity (Wildman–Crippen MR) is 57.8 cm³/mol. The van der Waals surface area contributed by atoms with Gasteiger partial charge in [0.15, 0.2) is 0 Å². The molecule has 15 heavy (non-hydrogen) atoms. The van der Waals surface area contributed by atoms with Crippen LogP contribution in [-0.2, 0) is 10.2 Å². The van der Waals surface area contributed by atoms with Gasteiger partial charge in [-0.3, -0.25) is 4.79 Å². The summed E-state index contributed by atoms with van der Waals surface area (Å²) in [5, 5.41) is 12.8. The highest BCUT2D eigenvalue weighted by atomic mass is 35.5. The average molecular weight is 226 g/mol. The van der Waals surface area contributed by atoms with Crippen molar-refractivity contribution in [3.63, 3.8) is 0 Å². The van der Waals surface area contributed by atoms with E-state index < -0.39 is 5.41 Å². The van der Waals surface area contributed by atoms with Crippen molar-refractivity contribution in [1.82, 2.24) is 5.32 Å². The molecule has 1 fully saturated rings. The summed E-state index contributed by atoms with van der Waals surface area (Å²) in [6.45, 7) is 0.377. The Morgan fingerprint density at radius 1 is 1.47 bits per heavy atom. The quantitative estimate of drug-likeness (QED) is 0.792. The van der Waals surface area contributed by atoms with Gasteiger partial charge in [0, 0.05) is 23.4 Å². The first-order valence-corrected chi connectivity index (χ1v) is 5.18. The van der Waals surface area contributed by atoms with Crippen molar-refractivity contribution >= 4 is 17.5 Å². The van der Waals surface area contributed by atoms with Crippen LogP contribution in [0, 0.1) is 0 Å². The number of hydrogen-bond donors (Lipinski definition) is 2. The zero-order valence-corrected chi connectivity index (χ0v) is 8.92. The molecule has 0 aromatic heterocycles. The van der Waals surface area contributed by atoms with E-state index in [0.29, 0.717) is 18.0 Å². The minimum Gasteiger partial charge on any atom is -0.395 e. The van der Waals surface area contributed by atoms with Crippen molar-refractivity contribution in [3.05, 3.63) is 34.9 Å². The number of carbonyl (C=O) groups is 1. The lowest BCUT2D eigenvalue weighted by molar-refractivity contribution is -0.119. The van der Waals surface area contributed by atoms with Crippen LogP contribution < -0.4 is 5.32 Å². The Morgan fingerprint density at radius 2 is 2.20 bits per heavy atom. The number of rotatable bonds is 2. The molecule has 2 N–H and O–H groups in total. The van der Waals surface area contributed by atoms with Crippen LogP contribution in [0.3, 0.4) is 0 Å². The van der Waals surface area contributed by atoms with E-state index in [0.717, 1.165) is 5.56 Å². The molecular weight excluding hydrogens is 214 g/mol. The minimum atomic E-state index is -0.546. The molecule has 4 heteroatoms. The van der Waals surface area contributed by atoms with Crippen LogP contribution >= 0.6 is 11.6 Å². The number of hydrogen-bond acceptors (Lipinski definition) is 2. The maximum Gasteiger partial charge on any atom is 0.221 e. The number of carbonyl (C=O) groups excluding carboxylic acids is 1. The molecule has 1 unspecified atom stereocenters. The van der Waals surface area contributed by atoms with Crippen LogP contribution in [0.2, 0.25) is 5.02 Å². The highest BCUT2D eigenvalue weighted by Gasteiger charge is 2.40. The van der Waals surface area contributed by atoms with E-state index in [4.69, 9.17) is 11.6 Å². The van der Waals surface area contributed by atoms with E-state index >= 15 is 0 Å². The topological polar surface area (TPSA) is 49.3 Å². The first-order valence-electron chi connectivity index (χ1n) is 4.80. The van der Waals surface area contributed by atoms with Gasteiger partial charge in [-0.1, -0.05) is 29.8 Å². The van der Waals surface area contributed by atoms with E-state index in [-0.39, 0.29) is 12.5 Å². The maximum absolute atomic E-state index is 11.2. The minimum absolute atomic E-state index is 0.0380. The largest absolute Gasteiger partial charge is 0.395 e. The zero-order valence-electron chi connectivity index (χ0n) is 8.16. The second kappa shape index (κ2) is 3.83. The second-order valence-corrected chi connectivity index (χ2v) is 4.28. The molecule has 0 radical (unpaired) electrons. The van der Waals surface area contributed by atoms with Gasteiger partial charge in [0.1, 0.15) is 0 Å². The molecule has 1 aliphatic heterocycles. The summed E-state index contributed by atoms with van der Waals surface area (Å²) in [5.41, 5.74) is 0.294. The Labute approximate surface area is 93.1 Å². The van der Waals surface area contributed by atoms with Gasteiger partial charge in [-0.05, 0) is 11.6 Å². The lowest BCUT2D eigenvalue weighted by atomic mass is 9.80. The molecule has 1 aliphatic rings. The maximum atomic E-state index is 11.2. The Kier molecular flexibility index (Phi) is 2.67. The fraction of sp³-hybridized carbons (Fsp3) is 0.364. The van der Waals surface area contributed by atoms with Gasteiger partial charge in [-0.25, -0.2) is 0 Å². The van der Waals surface area contributed by atoms with Gasteiger partial charge in [-0.15, -0.1) is 0 Å². The molecule has 3 nitrogen and oxygen atoms in total. The van der Waals surface area contributed by atoms with Crippen molar-refractivity contribution in [3.8, 4) is 0 Å².